The van der Waals surface area contributed by atoms with Gasteiger partial charge in [0.2, 0.25) is 10.0 Å². The van der Waals surface area contributed by atoms with Gasteiger partial charge in [-0.05, 0) is 61.9 Å². The Bertz CT molecular complexity index is 1080. The van der Waals surface area contributed by atoms with Gasteiger partial charge in [0.05, 0.1) is 17.1 Å². The van der Waals surface area contributed by atoms with Crippen molar-refractivity contribution in [2.75, 3.05) is 13.1 Å². The van der Waals surface area contributed by atoms with Crippen molar-refractivity contribution >= 4 is 15.9 Å². The molecule has 7 heteroatoms. The second-order valence-electron chi connectivity index (χ2n) is 9.67. The molecule has 0 radical (unpaired) electrons. The van der Waals surface area contributed by atoms with Crippen molar-refractivity contribution < 1.29 is 17.9 Å². The Kier molecular flexibility index (Phi) is 6.93. The number of sulfonamides is 1. The van der Waals surface area contributed by atoms with E-state index in [1.54, 1.807) is 18.2 Å². The zero-order chi connectivity index (χ0) is 23.8. The first-order valence-corrected chi connectivity index (χ1v) is 13.2. The number of ether oxygens (including phenoxy) is 1. The lowest BCUT2D eigenvalue weighted by atomic mass is 10.0. The minimum atomic E-state index is -3.70. The molecule has 4 rings (SSSR count). The second kappa shape index (κ2) is 9.57. The van der Waals surface area contributed by atoms with Gasteiger partial charge < -0.3 is 9.64 Å². The molecule has 0 bridgehead atoms. The summed E-state index contributed by atoms with van der Waals surface area (Å²) < 4.78 is 33.7. The van der Waals surface area contributed by atoms with E-state index in [-0.39, 0.29) is 29.1 Å². The molecular weight excluding hydrogens is 436 g/mol. The summed E-state index contributed by atoms with van der Waals surface area (Å²) in [4.78, 5) is 15.5. The van der Waals surface area contributed by atoms with Gasteiger partial charge in [0.25, 0.3) is 5.91 Å². The smallest absolute Gasteiger partial charge is 0.254 e. The van der Waals surface area contributed by atoms with Crippen LogP contribution in [-0.2, 0) is 21.3 Å². The van der Waals surface area contributed by atoms with Crippen LogP contribution in [0.15, 0.2) is 53.4 Å². The lowest BCUT2D eigenvalue weighted by Crippen LogP contribution is -2.48. The number of benzene rings is 2. The average molecular weight is 471 g/mol. The average Bonchev–Trinajstić information content (AvgIpc) is 3.62. The summed E-state index contributed by atoms with van der Waals surface area (Å²) in [5.74, 6) is 0.341. The van der Waals surface area contributed by atoms with Crippen LogP contribution in [-0.4, -0.2) is 54.9 Å². The van der Waals surface area contributed by atoms with Gasteiger partial charge in [-0.25, -0.2) is 8.42 Å². The lowest BCUT2D eigenvalue weighted by molar-refractivity contribution is -0.0440. The van der Waals surface area contributed by atoms with Crippen LogP contribution in [0.1, 0.15) is 67.9 Å². The molecule has 1 heterocycles. The number of carbonyl (C=O) groups excluding carboxylic acids is 1. The van der Waals surface area contributed by atoms with E-state index in [2.05, 4.69) is 38.1 Å². The summed E-state index contributed by atoms with van der Waals surface area (Å²) in [7, 11) is -3.70. The van der Waals surface area contributed by atoms with Gasteiger partial charge in [-0.1, -0.05) is 44.2 Å². The van der Waals surface area contributed by atoms with Crippen LogP contribution in [0.4, 0.5) is 0 Å². The Hall–Kier alpha value is -2.22. The van der Waals surface area contributed by atoms with Gasteiger partial charge in [0, 0.05) is 31.2 Å². The molecule has 0 spiro atoms. The van der Waals surface area contributed by atoms with Gasteiger partial charge in [-0.15, -0.1) is 0 Å². The van der Waals surface area contributed by atoms with Gasteiger partial charge in [0.1, 0.15) is 0 Å². The number of carbonyl (C=O) groups is 1. The minimum absolute atomic E-state index is 0.119. The number of rotatable bonds is 7. The minimum Gasteiger partial charge on any atom is -0.373 e. The highest BCUT2D eigenvalue weighted by atomic mass is 32.2. The van der Waals surface area contributed by atoms with Crippen molar-refractivity contribution in [1.82, 2.24) is 9.21 Å². The van der Waals surface area contributed by atoms with Crippen LogP contribution < -0.4 is 0 Å². The molecule has 1 amide bonds. The van der Waals surface area contributed by atoms with E-state index in [9.17, 15) is 13.2 Å². The van der Waals surface area contributed by atoms with Gasteiger partial charge in [-0.3, -0.25) is 4.79 Å². The molecule has 0 aromatic heterocycles. The van der Waals surface area contributed by atoms with Crippen molar-refractivity contribution in [1.29, 1.82) is 0 Å². The quantitative estimate of drug-likeness (QED) is 0.601. The predicted octanol–water partition coefficient (Wildman–Crippen LogP) is 4.41. The van der Waals surface area contributed by atoms with Crippen molar-refractivity contribution in [3.8, 4) is 0 Å². The summed E-state index contributed by atoms with van der Waals surface area (Å²) >= 11 is 0. The molecule has 33 heavy (non-hydrogen) atoms. The molecule has 2 atom stereocenters. The van der Waals surface area contributed by atoms with Crippen LogP contribution in [0.3, 0.4) is 0 Å². The summed E-state index contributed by atoms with van der Waals surface area (Å²) in [6, 6.07) is 15.1. The topological polar surface area (TPSA) is 66.9 Å². The maximum Gasteiger partial charge on any atom is 0.254 e. The van der Waals surface area contributed by atoms with E-state index in [1.807, 2.05) is 18.7 Å². The fourth-order valence-corrected chi connectivity index (χ4v) is 6.03. The van der Waals surface area contributed by atoms with Crippen LogP contribution in [0.25, 0.3) is 0 Å². The Balaban J connectivity index is 1.55. The Labute approximate surface area is 197 Å². The third-order valence-electron chi connectivity index (χ3n) is 6.35. The molecular formula is C26H34N2O4S. The summed E-state index contributed by atoms with van der Waals surface area (Å²) in [6.45, 7) is 9.22. The Morgan fingerprint density at radius 3 is 2.27 bits per heavy atom. The number of hydrogen-bond acceptors (Lipinski definition) is 4. The number of nitrogens with zero attached hydrogens (tertiary/aromatic N) is 2. The standard InChI is InChI=1S/C26H34N2O4S/c1-18(2)22-10-8-21(9-11-22)17-28(24-12-13-24)26(29)23-6-5-7-25(14-23)33(30,31)27-15-19(3)32-20(4)16-27/h5-11,14,18-20,24H,12-13,15-17H2,1-4H3. The molecule has 2 aliphatic rings. The van der Waals surface area contributed by atoms with E-state index in [0.717, 1.165) is 18.4 Å². The highest BCUT2D eigenvalue weighted by molar-refractivity contribution is 7.89. The second-order valence-corrected chi connectivity index (χ2v) is 11.6. The Morgan fingerprint density at radius 1 is 1.06 bits per heavy atom. The van der Waals surface area contributed by atoms with Gasteiger partial charge >= 0.3 is 0 Å². The van der Waals surface area contributed by atoms with Gasteiger partial charge in [-0.2, -0.15) is 4.31 Å². The molecule has 1 saturated carbocycles. The highest BCUT2D eigenvalue weighted by Gasteiger charge is 2.35. The van der Waals surface area contributed by atoms with Crippen molar-refractivity contribution in [3.63, 3.8) is 0 Å². The first-order chi connectivity index (χ1) is 15.6. The molecule has 2 fully saturated rings. The number of morpholine rings is 1. The summed E-state index contributed by atoms with van der Waals surface area (Å²) in [5, 5.41) is 0. The van der Waals surface area contributed by atoms with Crippen LogP contribution in [0.5, 0.6) is 0 Å². The molecule has 6 nitrogen and oxygen atoms in total. The predicted molar refractivity (Wildman–Crippen MR) is 129 cm³/mol. The molecule has 1 aliphatic heterocycles. The van der Waals surface area contributed by atoms with E-state index in [1.165, 1.54) is 15.9 Å². The maximum absolute atomic E-state index is 13.5. The zero-order valence-corrected chi connectivity index (χ0v) is 20.7. The van der Waals surface area contributed by atoms with Crippen LogP contribution in [0, 0.1) is 0 Å². The third kappa shape index (κ3) is 5.48. The molecule has 178 valence electrons. The fraction of sp³-hybridized carbons (Fsp3) is 0.500. The molecule has 1 saturated heterocycles. The van der Waals surface area contributed by atoms with E-state index in [4.69, 9.17) is 4.74 Å². The third-order valence-corrected chi connectivity index (χ3v) is 8.18. The highest BCUT2D eigenvalue weighted by Crippen LogP contribution is 2.31. The van der Waals surface area contributed by atoms with Crippen molar-refractivity contribution in [3.05, 3.63) is 65.2 Å². The van der Waals surface area contributed by atoms with E-state index < -0.39 is 10.0 Å². The number of amides is 1. The van der Waals surface area contributed by atoms with E-state index >= 15 is 0 Å². The lowest BCUT2D eigenvalue weighted by Gasteiger charge is -2.34. The summed E-state index contributed by atoms with van der Waals surface area (Å²) in [5.41, 5.74) is 2.77. The van der Waals surface area contributed by atoms with Crippen LogP contribution >= 0.6 is 0 Å². The maximum atomic E-state index is 13.5. The summed E-state index contributed by atoms with van der Waals surface area (Å²) in [6.07, 6.45) is 1.64. The first-order valence-electron chi connectivity index (χ1n) is 11.8. The zero-order valence-electron chi connectivity index (χ0n) is 19.9. The monoisotopic (exact) mass is 470 g/mol. The van der Waals surface area contributed by atoms with Crippen molar-refractivity contribution in [2.45, 2.75) is 76.1 Å². The Morgan fingerprint density at radius 2 is 1.70 bits per heavy atom. The van der Waals surface area contributed by atoms with Crippen LogP contribution in [0.2, 0.25) is 0 Å². The van der Waals surface area contributed by atoms with Crippen molar-refractivity contribution in [2.24, 2.45) is 0 Å². The van der Waals surface area contributed by atoms with Gasteiger partial charge in [0.15, 0.2) is 0 Å². The molecule has 1 aliphatic carbocycles. The molecule has 2 aromatic carbocycles. The normalized spacial score (nSPS) is 21.8. The SMILES string of the molecule is CC1CN(S(=O)(=O)c2cccc(C(=O)N(Cc3ccc(C(C)C)cc3)C3CC3)c2)CC(C)O1. The van der Waals surface area contributed by atoms with E-state index in [0.29, 0.717) is 31.1 Å². The fourth-order valence-electron chi connectivity index (χ4n) is 4.39. The molecule has 2 aromatic rings. The molecule has 2 unspecified atom stereocenters. The number of hydrogen-bond donors (Lipinski definition) is 0. The molecule has 0 N–H and O–H groups in total. The first kappa shape index (κ1) is 23.9. The largest absolute Gasteiger partial charge is 0.373 e.